The van der Waals surface area contributed by atoms with Gasteiger partial charge >= 0.3 is 0 Å². The van der Waals surface area contributed by atoms with Crippen molar-refractivity contribution in [1.29, 1.82) is 0 Å². The third-order valence-corrected chi connectivity index (χ3v) is 2.92. The van der Waals surface area contributed by atoms with E-state index in [4.69, 9.17) is 0 Å². The maximum atomic E-state index is 4.10. The standard InChI is InChI=1S/C14H20N4/c1-3-4-5-12(2)17-13-6-8-14(9-7-13)18-15-10-11-16-18/h6-12,17H,3-5H2,1-2H3. The first-order valence-electron chi connectivity index (χ1n) is 6.53. The number of benzene rings is 1. The molecule has 2 rings (SSSR count). The van der Waals surface area contributed by atoms with E-state index in [-0.39, 0.29) is 0 Å². The van der Waals surface area contributed by atoms with Crippen molar-refractivity contribution in [2.45, 2.75) is 39.2 Å². The fourth-order valence-corrected chi connectivity index (χ4v) is 1.91. The maximum Gasteiger partial charge on any atom is 0.0858 e. The lowest BCUT2D eigenvalue weighted by Gasteiger charge is -2.14. The Morgan fingerprint density at radius 2 is 1.83 bits per heavy atom. The Balaban J connectivity index is 1.95. The summed E-state index contributed by atoms with van der Waals surface area (Å²) < 4.78 is 0. The van der Waals surface area contributed by atoms with Gasteiger partial charge in [-0.05, 0) is 37.6 Å². The lowest BCUT2D eigenvalue weighted by Crippen LogP contribution is -2.14. The molecule has 1 aromatic heterocycles. The minimum absolute atomic E-state index is 0.513. The minimum Gasteiger partial charge on any atom is -0.383 e. The summed E-state index contributed by atoms with van der Waals surface area (Å²) in [7, 11) is 0. The predicted molar refractivity (Wildman–Crippen MR) is 74.0 cm³/mol. The van der Waals surface area contributed by atoms with Crippen molar-refractivity contribution in [3.05, 3.63) is 36.7 Å². The Morgan fingerprint density at radius 3 is 2.44 bits per heavy atom. The average molecular weight is 244 g/mol. The largest absolute Gasteiger partial charge is 0.383 e. The summed E-state index contributed by atoms with van der Waals surface area (Å²) in [4.78, 5) is 1.62. The number of aromatic nitrogens is 3. The van der Waals surface area contributed by atoms with Crippen molar-refractivity contribution in [3.8, 4) is 5.69 Å². The summed E-state index contributed by atoms with van der Waals surface area (Å²) in [5.41, 5.74) is 2.13. The first-order valence-corrected chi connectivity index (χ1v) is 6.53. The molecule has 96 valence electrons. The van der Waals surface area contributed by atoms with Crippen LogP contribution in [0.15, 0.2) is 36.7 Å². The van der Waals surface area contributed by atoms with Crippen LogP contribution >= 0.6 is 0 Å². The number of unbranched alkanes of at least 4 members (excludes halogenated alkanes) is 1. The van der Waals surface area contributed by atoms with Gasteiger partial charge in [-0.1, -0.05) is 19.8 Å². The lowest BCUT2D eigenvalue weighted by atomic mass is 10.1. The van der Waals surface area contributed by atoms with Crippen LogP contribution in [0.1, 0.15) is 33.1 Å². The molecule has 0 aliphatic rings. The fraction of sp³-hybridized carbons (Fsp3) is 0.429. The third kappa shape index (κ3) is 3.32. The van der Waals surface area contributed by atoms with Crippen LogP contribution in [0, 0.1) is 0 Å². The number of hydrogen-bond acceptors (Lipinski definition) is 3. The Morgan fingerprint density at radius 1 is 1.17 bits per heavy atom. The molecule has 0 saturated carbocycles. The molecule has 0 spiro atoms. The Bertz CT molecular complexity index is 447. The highest BCUT2D eigenvalue weighted by atomic mass is 15.5. The smallest absolute Gasteiger partial charge is 0.0858 e. The van der Waals surface area contributed by atoms with E-state index in [1.807, 2.05) is 12.1 Å². The number of nitrogens with zero attached hydrogens (tertiary/aromatic N) is 3. The van der Waals surface area contributed by atoms with E-state index in [1.54, 1.807) is 17.2 Å². The minimum atomic E-state index is 0.513. The van der Waals surface area contributed by atoms with Gasteiger partial charge in [-0.25, -0.2) is 0 Å². The molecule has 0 fully saturated rings. The summed E-state index contributed by atoms with van der Waals surface area (Å²) in [6, 6.07) is 8.70. The van der Waals surface area contributed by atoms with Gasteiger partial charge in [-0.2, -0.15) is 15.0 Å². The highest BCUT2D eigenvalue weighted by Crippen LogP contribution is 2.14. The molecule has 1 atom stereocenters. The van der Waals surface area contributed by atoms with Crippen molar-refractivity contribution in [2.24, 2.45) is 0 Å². The van der Waals surface area contributed by atoms with Crippen LogP contribution < -0.4 is 5.32 Å². The number of hydrogen-bond donors (Lipinski definition) is 1. The highest BCUT2D eigenvalue weighted by molar-refractivity contribution is 5.48. The van der Waals surface area contributed by atoms with Crippen LogP contribution in [0.25, 0.3) is 5.69 Å². The molecule has 2 aromatic rings. The maximum absolute atomic E-state index is 4.10. The van der Waals surface area contributed by atoms with Gasteiger partial charge in [0, 0.05) is 11.7 Å². The van der Waals surface area contributed by atoms with E-state index >= 15 is 0 Å². The zero-order chi connectivity index (χ0) is 12.8. The van der Waals surface area contributed by atoms with Crippen LogP contribution in [0.2, 0.25) is 0 Å². The van der Waals surface area contributed by atoms with E-state index in [0.717, 1.165) is 11.4 Å². The van der Waals surface area contributed by atoms with Gasteiger partial charge in [0.25, 0.3) is 0 Å². The van der Waals surface area contributed by atoms with E-state index in [0.29, 0.717) is 6.04 Å². The molecule has 0 aliphatic carbocycles. The van der Waals surface area contributed by atoms with E-state index in [9.17, 15) is 0 Å². The molecule has 1 N–H and O–H groups in total. The Hall–Kier alpha value is -1.84. The van der Waals surface area contributed by atoms with Crippen LogP contribution in [0.3, 0.4) is 0 Å². The highest BCUT2D eigenvalue weighted by Gasteiger charge is 2.02. The summed E-state index contributed by atoms with van der Waals surface area (Å²) in [5, 5.41) is 11.7. The molecule has 18 heavy (non-hydrogen) atoms. The van der Waals surface area contributed by atoms with Crippen LogP contribution in [0.4, 0.5) is 5.69 Å². The number of rotatable bonds is 6. The molecule has 0 bridgehead atoms. The van der Waals surface area contributed by atoms with Gasteiger partial charge in [-0.15, -0.1) is 0 Å². The monoisotopic (exact) mass is 244 g/mol. The molecule has 1 unspecified atom stereocenters. The normalized spacial score (nSPS) is 12.3. The summed E-state index contributed by atoms with van der Waals surface area (Å²) in [6.45, 7) is 4.44. The second-order valence-electron chi connectivity index (χ2n) is 4.55. The zero-order valence-corrected chi connectivity index (χ0v) is 11.0. The van der Waals surface area contributed by atoms with Crippen molar-refractivity contribution in [2.75, 3.05) is 5.32 Å². The molecule has 0 amide bonds. The lowest BCUT2D eigenvalue weighted by molar-refractivity contribution is 0.645. The first-order chi connectivity index (χ1) is 8.79. The summed E-state index contributed by atoms with van der Waals surface area (Å²) in [6.07, 6.45) is 7.08. The predicted octanol–water partition coefficient (Wildman–Crippen LogP) is 3.26. The first kappa shape index (κ1) is 12.6. The number of nitrogens with one attached hydrogen (secondary N) is 1. The summed E-state index contributed by atoms with van der Waals surface area (Å²) in [5.74, 6) is 0. The molecule has 4 heteroatoms. The molecule has 0 aliphatic heterocycles. The van der Waals surface area contributed by atoms with Crippen molar-refractivity contribution >= 4 is 5.69 Å². The van der Waals surface area contributed by atoms with Gasteiger partial charge < -0.3 is 5.32 Å². The van der Waals surface area contributed by atoms with Crippen LogP contribution in [-0.4, -0.2) is 21.0 Å². The van der Waals surface area contributed by atoms with Crippen LogP contribution in [-0.2, 0) is 0 Å². The quantitative estimate of drug-likeness (QED) is 0.848. The van der Waals surface area contributed by atoms with Gasteiger partial charge in [0.05, 0.1) is 18.1 Å². The molecular formula is C14H20N4. The summed E-state index contributed by atoms with van der Waals surface area (Å²) >= 11 is 0. The van der Waals surface area contributed by atoms with Crippen molar-refractivity contribution in [1.82, 2.24) is 15.0 Å². The second kappa shape index (κ2) is 6.19. The number of anilines is 1. The molecule has 1 heterocycles. The molecule has 0 saturated heterocycles. The van der Waals surface area contributed by atoms with E-state index < -0.39 is 0 Å². The van der Waals surface area contributed by atoms with E-state index in [1.165, 1.54) is 19.3 Å². The Kier molecular flexibility index (Phi) is 4.34. The van der Waals surface area contributed by atoms with Crippen LogP contribution in [0.5, 0.6) is 0 Å². The topological polar surface area (TPSA) is 42.7 Å². The molecular weight excluding hydrogens is 224 g/mol. The van der Waals surface area contributed by atoms with Gasteiger partial charge in [0.2, 0.25) is 0 Å². The second-order valence-corrected chi connectivity index (χ2v) is 4.55. The zero-order valence-electron chi connectivity index (χ0n) is 11.0. The van der Waals surface area contributed by atoms with Crippen molar-refractivity contribution in [3.63, 3.8) is 0 Å². The molecule has 4 nitrogen and oxygen atoms in total. The fourth-order valence-electron chi connectivity index (χ4n) is 1.91. The molecule has 1 aromatic carbocycles. The van der Waals surface area contributed by atoms with Crippen molar-refractivity contribution < 1.29 is 0 Å². The van der Waals surface area contributed by atoms with E-state index in [2.05, 4.69) is 41.5 Å². The average Bonchev–Trinajstić information content (AvgIpc) is 2.91. The van der Waals surface area contributed by atoms with Gasteiger partial charge in [-0.3, -0.25) is 0 Å². The van der Waals surface area contributed by atoms with Gasteiger partial charge in [0.1, 0.15) is 0 Å². The molecule has 0 radical (unpaired) electrons. The Labute approximate surface area is 108 Å². The van der Waals surface area contributed by atoms with Gasteiger partial charge in [0.15, 0.2) is 0 Å². The third-order valence-electron chi connectivity index (χ3n) is 2.92. The SMILES string of the molecule is CCCCC(C)Nc1ccc(-n2nccn2)cc1.